The standard InChI is InChI=1S/C31H45N3O7S/c1-21(2)18-34(42(37,38)25-13-11-23(39-5)12-14-25)19-29(35)27(15-22-9-7-6-8-10-22)32-31(36)41-24-16-26-28(33(3)4)20-40-30(26)17-24/h6-14,21,24,26-30,35H,15-20H2,1-5H3,(H,32,36)/t24-,26-,27+,28-,29-,30-/m1/s1. The molecule has 0 radical (unpaired) electrons. The van der Waals surface area contributed by atoms with Crippen molar-refractivity contribution in [3.63, 3.8) is 0 Å². The molecule has 0 bridgehead atoms. The highest BCUT2D eigenvalue weighted by Crippen LogP contribution is 2.39. The number of alkyl carbamates (subject to hydrolysis) is 1. The van der Waals surface area contributed by atoms with Crippen LogP contribution in [0, 0.1) is 11.8 Å². The molecule has 0 aromatic heterocycles. The normalized spacial score (nSPS) is 23.6. The van der Waals surface area contributed by atoms with Crippen LogP contribution in [0.1, 0.15) is 32.3 Å². The predicted octanol–water partition coefficient (Wildman–Crippen LogP) is 3.15. The number of fused-ring (bicyclic) bond motifs is 1. The molecule has 1 saturated heterocycles. The van der Waals surface area contributed by atoms with Crippen LogP contribution in [0.25, 0.3) is 0 Å². The van der Waals surface area contributed by atoms with E-state index in [-0.39, 0.29) is 36.1 Å². The number of benzene rings is 2. The number of carbonyl (C=O) groups is 1. The first-order valence-corrected chi connectivity index (χ1v) is 16.0. The molecule has 4 rings (SSSR count). The summed E-state index contributed by atoms with van der Waals surface area (Å²) in [5, 5.41) is 14.3. The fourth-order valence-electron chi connectivity index (χ4n) is 5.95. The van der Waals surface area contributed by atoms with Gasteiger partial charge in [-0.25, -0.2) is 13.2 Å². The van der Waals surface area contributed by atoms with Gasteiger partial charge in [0, 0.05) is 31.5 Å². The van der Waals surface area contributed by atoms with E-state index < -0.39 is 28.3 Å². The third-order valence-electron chi connectivity index (χ3n) is 8.14. The lowest BCUT2D eigenvalue weighted by molar-refractivity contribution is 0.0509. The summed E-state index contributed by atoms with van der Waals surface area (Å²) in [6.07, 6.45) is -0.398. The minimum atomic E-state index is -3.93. The van der Waals surface area contributed by atoms with Gasteiger partial charge >= 0.3 is 6.09 Å². The molecule has 42 heavy (non-hydrogen) atoms. The molecule has 0 unspecified atom stereocenters. The fourth-order valence-corrected chi connectivity index (χ4v) is 7.58. The maximum Gasteiger partial charge on any atom is 0.407 e. The van der Waals surface area contributed by atoms with E-state index in [9.17, 15) is 18.3 Å². The molecule has 6 atom stereocenters. The monoisotopic (exact) mass is 603 g/mol. The van der Waals surface area contributed by atoms with Crippen LogP contribution in [0.15, 0.2) is 59.5 Å². The summed E-state index contributed by atoms with van der Waals surface area (Å²) in [5.74, 6) is 0.853. The molecule has 2 aromatic carbocycles. The maximum atomic E-state index is 13.7. The van der Waals surface area contributed by atoms with Crippen LogP contribution >= 0.6 is 0 Å². The minimum Gasteiger partial charge on any atom is -0.497 e. The van der Waals surface area contributed by atoms with Gasteiger partial charge in [0.2, 0.25) is 10.0 Å². The Hall–Kier alpha value is -2.70. The lowest BCUT2D eigenvalue weighted by Crippen LogP contribution is -2.51. The second kappa shape index (κ2) is 14.2. The number of hydrogen-bond donors (Lipinski definition) is 2. The first-order chi connectivity index (χ1) is 20.0. The van der Waals surface area contributed by atoms with E-state index in [1.54, 1.807) is 12.1 Å². The van der Waals surface area contributed by atoms with Gasteiger partial charge in [0.1, 0.15) is 11.9 Å². The summed E-state index contributed by atoms with van der Waals surface area (Å²) < 4.78 is 45.5. The van der Waals surface area contributed by atoms with E-state index in [2.05, 4.69) is 10.2 Å². The van der Waals surface area contributed by atoms with Gasteiger partial charge in [0.25, 0.3) is 0 Å². The van der Waals surface area contributed by atoms with Crippen LogP contribution in [-0.2, 0) is 25.9 Å². The van der Waals surface area contributed by atoms with Crippen molar-refractivity contribution in [1.29, 1.82) is 0 Å². The number of sulfonamides is 1. The Morgan fingerprint density at radius 2 is 1.76 bits per heavy atom. The van der Waals surface area contributed by atoms with Crippen molar-refractivity contribution in [2.75, 3.05) is 40.9 Å². The minimum absolute atomic E-state index is 0.00532. The molecule has 11 heteroatoms. The third-order valence-corrected chi connectivity index (χ3v) is 9.99. The molecular formula is C31H45N3O7S. The molecule has 2 aromatic rings. The number of nitrogens with zero attached hydrogens (tertiary/aromatic N) is 2. The van der Waals surface area contributed by atoms with Crippen LogP contribution < -0.4 is 10.1 Å². The summed E-state index contributed by atoms with van der Waals surface area (Å²) in [6.45, 7) is 4.52. The Bertz CT molecular complexity index is 1260. The van der Waals surface area contributed by atoms with E-state index in [1.807, 2.05) is 58.3 Å². The summed E-state index contributed by atoms with van der Waals surface area (Å²) in [7, 11) is 1.65. The number of carbonyl (C=O) groups excluding carboxylic acids is 1. The van der Waals surface area contributed by atoms with E-state index in [0.717, 1.165) is 12.0 Å². The van der Waals surface area contributed by atoms with Crippen molar-refractivity contribution < 1.29 is 32.5 Å². The zero-order chi connectivity index (χ0) is 30.4. The van der Waals surface area contributed by atoms with Crippen LogP contribution in [0.2, 0.25) is 0 Å². The Morgan fingerprint density at radius 3 is 2.38 bits per heavy atom. The molecule has 2 fully saturated rings. The molecule has 1 aliphatic heterocycles. The Labute approximate surface area is 250 Å². The van der Waals surface area contributed by atoms with Crippen LogP contribution in [0.4, 0.5) is 4.79 Å². The molecule has 0 spiro atoms. The molecule has 1 amide bonds. The number of ether oxygens (including phenoxy) is 3. The Balaban J connectivity index is 1.48. The molecule has 2 N–H and O–H groups in total. The van der Waals surface area contributed by atoms with E-state index >= 15 is 0 Å². The van der Waals surface area contributed by atoms with Crippen molar-refractivity contribution in [1.82, 2.24) is 14.5 Å². The van der Waals surface area contributed by atoms with Gasteiger partial charge in [-0.05, 0) is 62.7 Å². The SMILES string of the molecule is COc1ccc(S(=O)(=O)N(CC(C)C)C[C@@H](O)[C@H](Cc2ccccc2)NC(=O)O[C@@H]2C[C@@H]3[C@H](N(C)C)CO[C@@H]3C2)cc1. The van der Waals surface area contributed by atoms with Crippen molar-refractivity contribution in [3.05, 3.63) is 60.2 Å². The van der Waals surface area contributed by atoms with Crippen molar-refractivity contribution in [2.24, 2.45) is 11.8 Å². The Kier molecular flexibility index (Phi) is 10.9. The zero-order valence-electron chi connectivity index (χ0n) is 25.2. The second-order valence-corrected chi connectivity index (χ2v) is 13.9. The topological polar surface area (TPSA) is 118 Å². The van der Waals surface area contributed by atoms with E-state index in [0.29, 0.717) is 37.2 Å². The first-order valence-electron chi connectivity index (χ1n) is 14.6. The predicted molar refractivity (Wildman–Crippen MR) is 160 cm³/mol. The van der Waals surface area contributed by atoms with Crippen molar-refractivity contribution in [3.8, 4) is 5.75 Å². The van der Waals surface area contributed by atoms with E-state index in [4.69, 9.17) is 14.2 Å². The zero-order valence-corrected chi connectivity index (χ0v) is 26.0. The Morgan fingerprint density at radius 1 is 1.07 bits per heavy atom. The lowest BCUT2D eigenvalue weighted by atomic mass is 9.99. The second-order valence-electron chi connectivity index (χ2n) is 12.0. The van der Waals surface area contributed by atoms with Gasteiger partial charge in [0.05, 0.1) is 36.9 Å². The molecule has 1 heterocycles. The molecule has 2 aliphatic rings. The number of rotatable bonds is 13. The summed E-state index contributed by atoms with van der Waals surface area (Å²) in [4.78, 5) is 15.4. The third kappa shape index (κ3) is 8.02. The number of likely N-dealkylation sites (N-methyl/N-ethyl adjacent to an activating group) is 1. The number of amides is 1. The average Bonchev–Trinajstić information content (AvgIpc) is 3.52. The first kappa shape index (κ1) is 32.2. The van der Waals surface area contributed by atoms with Crippen LogP contribution in [-0.4, -0.2) is 100 Å². The fraction of sp³-hybridized carbons (Fsp3) is 0.581. The van der Waals surface area contributed by atoms with Crippen LogP contribution in [0.5, 0.6) is 5.75 Å². The van der Waals surface area contributed by atoms with Crippen molar-refractivity contribution >= 4 is 16.1 Å². The summed E-state index contributed by atoms with van der Waals surface area (Å²) in [6, 6.07) is 15.1. The lowest BCUT2D eigenvalue weighted by Gasteiger charge is -2.31. The van der Waals surface area contributed by atoms with Crippen molar-refractivity contribution in [2.45, 2.75) is 68.4 Å². The molecular weight excluding hydrogens is 558 g/mol. The molecule has 1 saturated carbocycles. The smallest absolute Gasteiger partial charge is 0.407 e. The number of aliphatic hydroxyl groups excluding tert-OH is 1. The highest BCUT2D eigenvalue weighted by Gasteiger charge is 2.46. The van der Waals surface area contributed by atoms with Gasteiger partial charge in [0.15, 0.2) is 0 Å². The van der Waals surface area contributed by atoms with Gasteiger partial charge in [-0.1, -0.05) is 44.2 Å². The molecule has 10 nitrogen and oxygen atoms in total. The highest BCUT2D eigenvalue weighted by atomic mass is 32.2. The average molecular weight is 604 g/mol. The number of aliphatic hydroxyl groups is 1. The summed E-state index contributed by atoms with van der Waals surface area (Å²) >= 11 is 0. The number of methoxy groups -OCH3 is 1. The highest BCUT2D eigenvalue weighted by molar-refractivity contribution is 7.89. The number of hydrogen-bond acceptors (Lipinski definition) is 8. The quantitative estimate of drug-likeness (QED) is 0.359. The molecule has 1 aliphatic carbocycles. The van der Waals surface area contributed by atoms with Gasteiger partial charge in [-0.15, -0.1) is 0 Å². The van der Waals surface area contributed by atoms with Crippen LogP contribution in [0.3, 0.4) is 0 Å². The molecule has 232 valence electrons. The van der Waals surface area contributed by atoms with Gasteiger partial charge in [-0.3, -0.25) is 0 Å². The maximum absolute atomic E-state index is 13.7. The van der Waals surface area contributed by atoms with Gasteiger partial charge < -0.3 is 29.5 Å². The largest absolute Gasteiger partial charge is 0.497 e. The summed E-state index contributed by atoms with van der Waals surface area (Å²) in [5.41, 5.74) is 0.896. The van der Waals surface area contributed by atoms with Gasteiger partial charge in [-0.2, -0.15) is 4.31 Å². The van der Waals surface area contributed by atoms with E-state index in [1.165, 1.54) is 23.5 Å². The number of nitrogens with one attached hydrogen (secondary N) is 1.